The number of hydrogen-bond acceptors (Lipinski definition) is 3. The summed E-state index contributed by atoms with van der Waals surface area (Å²) in [5.74, 6) is -1.53. The average molecular weight is 304 g/mol. The van der Waals surface area contributed by atoms with E-state index in [4.69, 9.17) is 4.74 Å². The van der Waals surface area contributed by atoms with Gasteiger partial charge in [-0.3, -0.25) is 4.79 Å². The number of nitrogens with one attached hydrogen (secondary N) is 2. The van der Waals surface area contributed by atoms with E-state index in [9.17, 15) is 14.0 Å². The number of ether oxygens (including phenoxy) is 1. The zero-order valence-electron chi connectivity index (χ0n) is 12.6. The molecule has 2 rings (SSSR count). The number of H-pyrrole nitrogens is 1. The number of aromatic amines is 1. The van der Waals surface area contributed by atoms with Crippen LogP contribution >= 0.6 is 0 Å². The molecule has 0 aliphatic rings. The minimum atomic E-state index is -0.526. The molecule has 2 N–H and O–H groups in total. The highest BCUT2D eigenvalue weighted by Gasteiger charge is 2.23. The van der Waals surface area contributed by atoms with Gasteiger partial charge in [-0.2, -0.15) is 0 Å². The summed E-state index contributed by atoms with van der Waals surface area (Å²) in [6.45, 7) is 5.28. The fourth-order valence-electron chi connectivity index (χ4n) is 2.23. The Bertz CT molecular complexity index is 722. The van der Waals surface area contributed by atoms with Gasteiger partial charge < -0.3 is 15.0 Å². The fourth-order valence-corrected chi connectivity index (χ4v) is 2.23. The zero-order valence-corrected chi connectivity index (χ0v) is 12.6. The molecule has 5 nitrogen and oxygen atoms in total. The summed E-state index contributed by atoms with van der Waals surface area (Å²) in [5.41, 5.74) is 1.64. The Hall–Kier alpha value is -2.63. The van der Waals surface area contributed by atoms with Crippen molar-refractivity contribution in [3.63, 3.8) is 0 Å². The Morgan fingerprint density at radius 3 is 2.59 bits per heavy atom. The number of amides is 1. The number of carbonyl (C=O) groups excluding carboxylic acids is 2. The fraction of sp³-hybridized carbons (Fsp3) is 0.250. The molecule has 0 saturated carbocycles. The van der Waals surface area contributed by atoms with E-state index in [0.29, 0.717) is 16.8 Å². The lowest BCUT2D eigenvalue weighted by Crippen LogP contribution is -2.15. The molecule has 0 saturated heterocycles. The first-order valence-corrected chi connectivity index (χ1v) is 6.87. The van der Waals surface area contributed by atoms with Gasteiger partial charge in [-0.15, -0.1) is 0 Å². The molecule has 2 aromatic rings. The van der Waals surface area contributed by atoms with Crippen LogP contribution in [0, 0.1) is 19.7 Å². The van der Waals surface area contributed by atoms with Crippen molar-refractivity contribution in [3.05, 3.63) is 52.6 Å². The van der Waals surface area contributed by atoms with Crippen molar-refractivity contribution in [2.24, 2.45) is 0 Å². The van der Waals surface area contributed by atoms with Crippen LogP contribution in [0.2, 0.25) is 0 Å². The smallest absolute Gasteiger partial charge is 0.340 e. The van der Waals surface area contributed by atoms with Gasteiger partial charge in [-0.25, -0.2) is 9.18 Å². The van der Waals surface area contributed by atoms with Crippen molar-refractivity contribution in [1.82, 2.24) is 4.98 Å². The Balaban J connectivity index is 2.30. The molecule has 0 unspecified atom stereocenters. The van der Waals surface area contributed by atoms with Crippen molar-refractivity contribution >= 4 is 17.6 Å². The molecule has 6 heteroatoms. The molecule has 1 amide bonds. The predicted molar refractivity (Wildman–Crippen MR) is 80.6 cm³/mol. The van der Waals surface area contributed by atoms with Gasteiger partial charge in [0.25, 0.3) is 5.91 Å². The number of anilines is 1. The highest BCUT2D eigenvalue weighted by atomic mass is 19.1. The van der Waals surface area contributed by atoms with Gasteiger partial charge >= 0.3 is 5.97 Å². The predicted octanol–water partition coefficient (Wildman–Crippen LogP) is 3.20. The number of aromatic nitrogens is 1. The Morgan fingerprint density at radius 1 is 1.27 bits per heavy atom. The second kappa shape index (κ2) is 6.43. The first-order valence-electron chi connectivity index (χ1n) is 6.87. The van der Waals surface area contributed by atoms with Crippen LogP contribution in [0.15, 0.2) is 24.3 Å². The summed E-state index contributed by atoms with van der Waals surface area (Å²) < 4.78 is 18.5. The molecule has 0 atom stereocenters. The summed E-state index contributed by atoms with van der Waals surface area (Å²) in [5, 5.41) is 2.48. The Kier molecular flexibility index (Phi) is 4.60. The van der Waals surface area contributed by atoms with Gasteiger partial charge in [0, 0.05) is 5.69 Å². The van der Waals surface area contributed by atoms with Crippen LogP contribution in [0.3, 0.4) is 0 Å². The normalized spacial score (nSPS) is 10.4. The van der Waals surface area contributed by atoms with Crippen LogP contribution in [-0.2, 0) is 4.74 Å². The van der Waals surface area contributed by atoms with Crippen LogP contribution in [0.1, 0.15) is 39.0 Å². The number of aryl methyl sites for hydroxylation is 1. The van der Waals surface area contributed by atoms with Crippen LogP contribution in [0.4, 0.5) is 10.1 Å². The second-order valence-corrected chi connectivity index (χ2v) is 4.78. The molecule has 116 valence electrons. The third-order valence-corrected chi connectivity index (χ3v) is 3.27. The average Bonchev–Trinajstić information content (AvgIpc) is 2.77. The molecule has 1 aromatic heterocycles. The number of esters is 1. The summed E-state index contributed by atoms with van der Waals surface area (Å²) in [7, 11) is 0. The molecule has 0 radical (unpaired) electrons. The lowest BCUT2D eigenvalue weighted by molar-refractivity contribution is 0.0525. The van der Waals surface area contributed by atoms with E-state index in [2.05, 4.69) is 10.3 Å². The molecule has 1 heterocycles. The number of rotatable bonds is 4. The van der Waals surface area contributed by atoms with Crippen LogP contribution in [0.25, 0.3) is 0 Å². The van der Waals surface area contributed by atoms with E-state index in [0.717, 1.165) is 0 Å². The van der Waals surface area contributed by atoms with E-state index in [1.165, 1.54) is 18.2 Å². The minimum absolute atomic E-state index is 0.0804. The van der Waals surface area contributed by atoms with E-state index < -0.39 is 17.7 Å². The number of carbonyl (C=O) groups is 2. The maximum atomic E-state index is 13.6. The summed E-state index contributed by atoms with van der Waals surface area (Å²) in [6, 6.07) is 5.88. The summed E-state index contributed by atoms with van der Waals surface area (Å²) >= 11 is 0. The lowest BCUT2D eigenvalue weighted by Gasteiger charge is -2.06. The topological polar surface area (TPSA) is 71.2 Å². The highest BCUT2D eigenvalue weighted by molar-refractivity contribution is 6.06. The van der Waals surface area contributed by atoms with Gasteiger partial charge in [0.15, 0.2) is 0 Å². The van der Waals surface area contributed by atoms with Crippen molar-refractivity contribution in [2.45, 2.75) is 20.8 Å². The maximum Gasteiger partial charge on any atom is 0.340 e. The number of benzene rings is 1. The highest BCUT2D eigenvalue weighted by Crippen LogP contribution is 2.21. The molecular weight excluding hydrogens is 287 g/mol. The molecule has 0 aliphatic heterocycles. The van der Waals surface area contributed by atoms with Gasteiger partial charge in [0.2, 0.25) is 0 Å². The van der Waals surface area contributed by atoms with Crippen LogP contribution < -0.4 is 5.32 Å². The maximum absolute atomic E-state index is 13.6. The molecule has 0 fully saturated rings. The quantitative estimate of drug-likeness (QED) is 0.852. The third-order valence-electron chi connectivity index (χ3n) is 3.27. The zero-order chi connectivity index (χ0) is 16.3. The van der Waals surface area contributed by atoms with Gasteiger partial charge in [-0.05, 0) is 38.5 Å². The lowest BCUT2D eigenvalue weighted by atomic mass is 10.1. The first-order chi connectivity index (χ1) is 10.5. The molecule has 0 spiro atoms. The van der Waals surface area contributed by atoms with Crippen molar-refractivity contribution < 1.29 is 18.7 Å². The van der Waals surface area contributed by atoms with Gasteiger partial charge in [-0.1, -0.05) is 12.1 Å². The van der Waals surface area contributed by atoms with Gasteiger partial charge in [0.05, 0.1) is 17.9 Å². The number of hydrogen-bond donors (Lipinski definition) is 2. The second-order valence-electron chi connectivity index (χ2n) is 4.78. The molecule has 0 bridgehead atoms. The minimum Gasteiger partial charge on any atom is -0.462 e. The van der Waals surface area contributed by atoms with E-state index >= 15 is 0 Å². The van der Waals surface area contributed by atoms with Crippen molar-refractivity contribution in [3.8, 4) is 0 Å². The van der Waals surface area contributed by atoms with E-state index in [1.54, 1.807) is 26.8 Å². The Labute approximate surface area is 127 Å². The molecule has 22 heavy (non-hydrogen) atoms. The standard InChI is InChI=1S/C16H17FN2O3/c1-4-22-16(21)13-9(2)14(18-10(13)3)15(20)19-12-8-6-5-7-11(12)17/h5-8,18H,4H2,1-3H3,(H,19,20). The summed E-state index contributed by atoms with van der Waals surface area (Å²) in [6.07, 6.45) is 0. The largest absolute Gasteiger partial charge is 0.462 e. The number of halogens is 1. The SMILES string of the molecule is CCOC(=O)c1c(C)[nH]c(C(=O)Nc2ccccc2F)c1C. The van der Waals surface area contributed by atoms with Crippen molar-refractivity contribution in [1.29, 1.82) is 0 Å². The van der Waals surface area contributed by atoms with Crippen LogP contribution in [0.5, 0.6) is 0 Å². The molecular formula is C16H17FN2O3. The molecule has 0 aliphatic carbocycles. The third kappa shape index (κ3) is 3.00. The van der Waals surface area contributed by atoms with E-state index in [-0.39, 0.29) is 18.0 Å². The van der Waals surface area contributed by atoms with E-state index in [1.807, 2.05) is 0 Å². The first kappa shape index (κ1) is 15.8. The monoisotopic (exact) mass is 304 g/mol. The summed E-state index contributed by atoms with van der Waals surface area (Å²) in [4.78, 5) is 27.0. The molecule has 1 aromatic carbocycles. The number of para-hydroxylation sites is 1. The van der Waals surface area contributed by atoms with Gasteiger partial charge in [0.1, 0.15) is 11.5 Å². The van der Waals surface area contributed by atoms with Crippen molar-refractivity contribution in [2.75, 3.05) is 11.9 Å². The Morgan fingerprint density at radius 2 is 1.95 bits per heavy atom. The van der Waals surface area contributed by atoms with Crippen LogP contribution in [-0.4, -0.2) is 23.5 Å².